The summed E-state index contributed by atoms with van der Waals surface area (Å²) in [5.74, 6) is 0.607. The molecule has 108 valence electrons. The van der Waals surface area contributed by atoms with Crippen LogP contribution in [-0.2, 0) is 4.79 Å². The highest BCUT2D eigenvalue weighted by molar-refractivity contribution is 6.28. The van der Waals surface area contributed by atoms with Crippen molar-refractivity contribution in [2.45, 2.75) is 12.8 Å². The van der Waals surface area contributed by atoms with Crippen LogP contribution in [0.25, 0.3) is 11.1 Å². The Hall–Kier alpha value is -2.14. The molecule has 0 radical (unpaired) electrons. The largest absolute Gasteiger partial charge is 0.480 e. The van der Waals surface area contributed by atoms with Crippen LogP contribution in [0.1, 0.15) is 12.8 Å². The molecule has 2 heterocycles. The average Bonchev–Trinajstić information content (AvgIpc) is 2.93. The normalized spacial score (nSPS) is 14.6. The highest BCUT2D eigenvalue weighted by Gasteiger charge is 2.21. The topological polar surface area (TPSA) is 55.3 Å². The maximum Gasteiger partial charge on any atom is 0.227 e. The summed E-state index contributed by atoms with van der Waals surface area (Å²) in [5, 5.41) is 0.148. The number of ether oxygens (including phenoxy) is 1. The fourth-order valence-corrected chi connectivity index (χ4v) is 2.57. The summed E-state index contributed by atoms with van der Waals surface area (Å²) in [5.41, 5.74) is 2.59. The quantitative estimate of drug-likeness (QED) is 0.818. The first-order valence-corrected chi connectivity index (χ1v) is 7.04. The lowest BCUT2D eigenvalue weighted by Gasteiger charge is -2.16. The number of aromatic nitrogens is 2. The van der Waals surface area contributed by atoms with Gasteiger partial charge in [-0.1, -0.05) is 12.1 Å². The smallest absolute Gasteiger partial charge is 0.227 e. The summed E-state index contributed by atoms with van der Waals surface area (Å²) in [6, 6.07) is 7.70. The van der Waals surface area contributed by atoms with E-state index in [1.165, 1.54) is 0 Å². The van der Waals surface area contributed by atoms with Gasteiger partial charge in [0, 0.05) is 24.8 Å². The van der Waals surface area contributed by atoms with E-state index in [1.54, 1.807) is 18.2 Å². The molecule has 5 nitrogen and oxygen atoms in total. The number of amides is 1. The Morgan fingerprint density at radius 2 is 2.05 bits per heavy atom. The van der Waals surface area contributed by atoms with Gasteiger partial charge in [0.15, 0.2) is 0 Å². The predicted octanol–water partition coefficient (Wildman–Crippen LogP) is 2.93. The van der Waals surface area contributed by atoms with Gasteiger partial charge >= 0.3 is 0 Å². The molecule has 0 unspecified atom stereocenters. The molecule has 0 aliphatic carbocycles. The number of nitrogens with zero attached hydrogens (tertiary/aromatic N) is 3. The molecule has 1 saturated heterocycles. The van der Waals surface area contributed by atoms with E-state index < -0.39 is 0 Å². The van der Waals surface area contributed by atoms with Gasteiger partial charge in [-0.3, -0.25) is 4.79 Å². The third kappa shape index (κ3) is 2.69. The van der Waals surface area contributed by atoms with Crippen molar-refractivity contribution < 1.29 is 9.53 Å². The fourth-order valence-electron chi connectivity index (χ4n) is 2.44. The molecular weight excluding hydrogens is 290 g/mol. The van der Waals surface area contributed by atoms with Crippen molar-refractivity contribution >= 4 is 23.2 Å². The molecule has 1 aromatic carbocycles. The van der Waals surface area contributed by atoms with Crippen molar-refractivity contribution in [3.63, 3.8) is 0 Å². The number of hydrogen-bond donors (Lipinski definition) is 0. The van der Waals surface area contributed by atoms with Crippen LogP contribution in [0, 0.1) is 0 Å². The minimum Gasteiger partial charge on any atom is -0.480 e. The summed E-state index contributed by atoms with van der Waals surface area (Å²) >= 11 is 5.76. The van der Waals surface area contributed by atoms with Crippen molar-refractivity contribution in [2.75, 3.05) is 18.6 Å². The van der Waals surface area contributed by atoms with Crippen molar-refractivity contribution in [1.29, 1.82) is 0 Å². The highest BCUT2D eigenvalue weighted by atomic mass is 35.5. The average molecular weight is 304 g/mol. The van der Waals surface area contributed by atoms with Gasteiger partial charge in [-0.2, -0.15) is 4.98 Å². The number of methoxy groups -OCH3 is 1. The second kappa shape index (κ2) is 5.69. The lowest BCUT2D eigenvalue weighted by atomic mass is 10.1. The van der Waals surface area contributed by atoms with Crippen LogP contribution >= 0.6 is 11.6 Å². The van der Waals surface area contributed by atoms with E-state index in [2.05, 4.69) is 9.97 Å². The maximum atomic E-state index is 11.7. The van der Waals surface area contributed by atoms with Crippen molar-refractivity contribution in [1.82, 2.24) is 9.97 Å². The van der Waals surface area contributed by atoms with Gasteiger partial charge in [-0.15, -0.1) is 0 Å². The number of halogens is 1. The van der Waals surface area contributed by atoms with Gasteiger partial charge in [0.05, 0.1) is 12.7 Å². The minimum absolute atomic E-state index is 0.148. The zero-order chi connectivity index (χ0) is 14.8. The van der Waals surface area contributed by atoms with Gasteiger partial charge in [-0.05, 0) is 35.7 Å². The van der Waals surface area contributed by atoms with E-state index in [-0.39, 0.29) is 11.2 Å². The number of benzene rings is 1. The monoisotopic (exact) mass is 303 g/mol. The number of anilines is 1. The minimum atomic E-state index is 0.148. The van der Waals surface area contributed by atoms with E-state index in [9.17, 15) is 4.79 Å². The van der Waals surface area contributed by atoms with E-state index in [4.69, 9.17) is 16.3 Å². The summed E-state index contributed by atoms with van der Waals surface area (Å²) in [6.07, 6.45) is 3.17. The summed E-state index contributed by atoms with van der Waals surface area (Å²) in [6.45, 7) is 0.783. The molecule has 3 rings (SSSR count). The van der Waals surface area contributed by atoms with E-state index >= 15 is 0 Å². The number of carbonyl (C=O) groups excluding carboxylic acids is 1. The number of rotatable bonds is 3. The van der Waals surface area contributed by atoms with Crippen LogP contribution in [0.15, 0.2) is 30.5 Å². The molecule has 1 aliphatic heterocycles. The Balaban J connectivity index is 1.92. The zero-order valence-corrected chi connectivity index (χ0v) is 12.3. The lowest BCUT2D eigenvalue weighted by Crippen LogP contribution is -2.23. The molecule has 1 fully saturated rings. The second-order valence-electron chi connectivity index (χ2n) is 4.76. The van der Waals surface area contributed by atoms with Crippen LogP contribution in [0.2, 0.25) is 5.28 Å². The third-order valence-corrected chi connectivity index (χ3v) is 3.66. The van der Waals surface area contributed by atoms with Crippen molar-refractivity contribution in [3.05, 3.63) is 35.7 Å². The zero-order valence-electron chi connectivity index (χ0n) is 11.5. The Labute approximate surface area is 127 Å². The Kier molecular flexibility index (Phi) is 3.75. The van der Waals surface area contributed by atoms with Crippen LogP contribution in [0.3, 0.4) is 0 Å². The third-order valence-electron chi connectivity index (χ3n) is 3.48. The first kappa shape index (κ1) is 13.8. The van der Waals surface area contributed by atoms with Gasteiger partial charge in [0.25, 0.3) is 0 Å². The van der Waals surface area contributed by atoms with Gasteiger partial charge in [0.2, 0.25) is 17.1 Å². The number of hydrogen-bond acceptors (Lipinski definition) is 4. The van der Waals surface area contributed by atoms with Gasteiger partial charge < -0.3 is 9.64 Å². The van der Waals surface area contributed by atoms with Crippen LogP contribution in [0.5, 0.6) is 5.88 Å². The van der Waals surface area contributed by atoms with Crippen molar-refractivity contribution in [2.24, 2.45) is 0 Å². The van der Waals surface area contributed by atoms with Gasteiger partial charge in [0.1, 0.15) is 0 Å². The molecule has 0 atom stereocenters. The fraction of sp³-hybridized carbons (Fsp3) is 0.267. The predicted molar refractivity (Wildman–Crippen MR) is 80.6 cm³/mol. The molecule has 21 heavy (non-hydrogen) atoms. The molecule has 1 amide bonds. The molecule has 0 N–H and O–H groups in total. The first-order chi connectivity index (χ1) is 10.2. The molecular formula is C15H14ClN3O2. The first-order valence-electron chi connectivity index (χ1n) is 6.66. The van der Waals surface area contributed by atoms with Crippen LogP contribution in [-0.4, -0.2) is 29.5 Å². The summed E-state index contributed by atoms with van der Waals surface area (Å²) in [4.78, 5) is 21.6. The van der Waals surface area contributed by atoms with E-state index in [0.29, 0.717) is 12.3 Å². The van der Waals surface area contributed by atoms with Crippen LogP contribution < -0.4 is 9.64 Å². The Morgan fingerprint density at radius 3 is 2.67 bits per heavy atom. The number of carbonyl (C=O) groups is 1. The SMILES string of the molecule is COc1nc(Cl)ncc1-c1ccc(N2CCCC2=O)cc1. The maximum absolute atomic E-state index is 11.7. The molecule has 0 bridgehead atoms. The van der Waals surface area contributed by atoms with Crippen molar-refractivity contribution in [3.8, 4) is 17.0 Å². The molecule has 1 aliphatic rings. The standard InChI is InChI=1S/C15H14ClN3O2/c1-21-14-12(9-17-15(16)18-14)10-4-6-11(7-5-10)19-8-2-3-13(19)20/h4-7,9H,2-3,8H2,1H3. The molecule has 1 aromatic heterocycles. The van der Waals surface area contributed by atoms with Gasteiger partial charge in [-0.25, -0.2) is 4.98 Å². The van der Waals surface area contributed by atoms with E-state index in [0.717, 1.165) is 29.8 Å². The Morgan fingerprint density at radius 1 is 1.29 bits per heavy atom. The summed E-state index contributed by atoms with van der Waals surface area (Å²) < 4.78 is 5.23. The lowest BCUT2D eigenvalue weighted by molar-refractivity contribution is -0.117. The highest BCUT2D eigenvalue weighted by Crippen LogP contribution is 2.30. The molecule has 6 heteroatoms. The molecule has 2 aromatic rings. The van der Waals surface area contributed by atoms with Crippen LogP contribution in [0.4, 0.5) is 5.69 Å². The molecule has 0 saturated carbocycles. The van der Waals surface area contributed by atoms with E-state index in [1.807, 2.05) is 24.3 Å². The second-order valence-corrected chi connectivity index (χ2v) is 5.10. The summed E-state index contributed by atoms with van der Waals surface area (Å²) in [7, 11) is 1.54. The Bertz CT molecular complexity index is 673. The molecule has 0 spiro atoms.